The standard InChI is InChI=1S/C18H26N4/c1-14-7-5-6-10-22(14)15-11-21(12-15)13-18-19-16-8-3-4-9-17(16)20(18)2/h3-4,8-9,14-15H,5-7,10-13H2,1-2H3/t14-/m1/s1. The van der Waals surface area contributed by atoms with Crippen LogP contribution in [0, 0.1) is 0 Å². The van der Waals surface area contributed by atoms with Gasteiger partial charge in [-0.1, -0.05) is 18.6 Å². The largest absolute Gasteiger partial charge is 0.330 e. The van der Waals surface area contributed by atoms with E-state index in [1.807, 2.05) is 0 Å². The Hall–Kier alpha value is -1.39. The number of aryl methyl sites for hydroxylation is 1. The summed E-state index contributed by atoms with van der Waals surface area (Å²) in [5.41, 5.74) is 2.35. The first kappa shape index (κ1) is 14.2. The molecule has 1 aromatic heterocycles. The number of piperidine rings is 1. The fraction of sp³-hybridized carbons (Fsp3) is 0.611. The Balaban J connectivity index is 1.40. The Labute approximate surface area is 132 Å². The summed E-state index contributed by atoms with van der Waals surface area (Å²) in [5, 5.41) is 0. The first-order chi connectivity index (χ1) is 10.7. The molecule has 3 heterocycles. The Morgan fingerprint density at radius 3 is 2.77 bits per heavy atom. The van der Waals surface area contributed by atoms with Crippen molar-refractivity contribution in [1.82, 2.24) is 19.4 Å². The van der Waals surface area contributed by atoms with E-state index in [0.29, 0.717) is 0 Å². The van der Waals surface area contributed by atoms with Crippen LogP contribution in [0.1, 0.15) is 32.0 Å². The molecule has 4 nitrogen and oxygen atoms in total. The molecule has 4 heteroatoms. The van der Waals surface area contributed by atoms with Crippen molar-refractivity contribution in [2.75, 3.05) is 19.6 Å². The molecule has 0 saturated carbocycles. The van der Waals surface area contributed by atoms with Crippen LogP contribution in [-0.4, -0.2) is 51.1 Å². The van der Waals surface area contributed by atoms with Crippen LogP contribution < -0.4 is 0 Å². The highest BCUT2D eigenvalue weighted by atomic mass is 15.3. The SMILES string of the molecule is C[C@@H]1CCCCN1C1CN(Cc2nc3ccccc3n2C)C1. The van der Waals surface area contributed by atoms with E-state index in [9.17, 15) is 0 Å². The van der Waals surface area contributed by atoms with E-state index in [4.69, 9.17) is 4.98 Å². The van der Waals surface area contributed by atoms with Crippen LogP contribution >= 0.6 is 0 Å². The van der Waals surface area contributed by atoms with Gasteiger partial charge in [0, 0.05) is 32.2 Å². The first-order valence-electron chi connectivity index (χ1n) is 8.61. The molecule has 2 saturated heterocycles. The van der Waals surface area contributed by atoms with Crippen molar-refractivity contribution < 1.29 is 0 Å². The molecule has 0 radical (unpaired) electrons. The van der Waals surface area contributed by atoms with Crippen LogP contribution in [0.2, 0.25) is 0 Å². The van der Waals surface area contributed by atoms with Gasteiger partial charge in [-0.15, -0.1) is 0 Å². The van der Waals surface area contributed by atoms with E-state index in [0.717, 1.165) is 24.1 Å². The van der Waals surface area contributed by atoms with Crippen molar-refractivity contribution >= 4 is 11.0 Å². The average molecular weight is 298 g/mol. The Kier molecular flexibility index (Phi) is 3.66. The molecule has 118 valence electrons. The number of imidazole rings is 1. The lowest BCUT2D eigenvalue weighted by Gasteiger charge is -2.49. The number of nitrogens with zero attached hydrogens (tertiary/aromatic N) is 4. The van der Waals surface area contributed by atoms with Gasteiger partial charge in [-0.05, 0) is 38.4 Å². The fourth-order valence-corrected chi connectivity index (χ4v) is 4.08. The second kappa shape index (κ2) is 5.67. The van der Waals surface area contributed by atoms with E-state index < -0.39 is 0 Å². The molecule has 0 bridgehead atoms. The molecule has 0 N–H and O–H groups in total. The molecule has 2 aromatic rings. The number of rotatable bonds is 3. The molecule has 2 fully saturated rings. The van der Waals surface area contributed by atoms with Crippen molar-refractivity contribution in [3.05, 3.63) is 30.1 Å². The third-order valence-electron chi connectivity index (χ3n) is 5.51. The molecule has 0 spiro atoms. The second-order valence-corrected chi connectivity index (χ2v) is 7.01. The predicted molar refractivity (Wildman–Crippen MR) is 89.8 cm³/mol. The molecule has 22 heavy (non-hydrogen) atoms. The maximum atomic E-state index is 4.79. The van der Waals surface area contributed by atoms with Gasteiger partial charge in [-0.3, -0.25) is 9.80 Å². The zero-order valence-electron chi connectivity index (χ0n) is 13.7. The molecule has 2 aliphatic rings. The topological polar surface area (TPSA) is 24.3 Å². The van der Waals surface area contributed by atoms with E-state index >= 15 is 0 Å². The van der Waals surface area contributed by atoms with Crippen LogP contribution in [0.4, 0.5) is 0 Å². The lowest BCUT2D eigenvalue weighted by Crippen LogP contribution is -2.61. The van der Waals surface area contributed by atoms with Crippen molar-refractivity contribution in [3.8, 4) is 0 Å². The quantitative estimate of drug-likeness (QED) is 0.870. The van der Waals surface area contributed by atoms with Gasteiger partial charge >= 0.3 is 0 Å². The van der Waals surface area contributed by atoms with Crippen LogP contribution in [0.25, 0.3) is 11.0 Å². The summed E-state index contributed by atoms with van der Waals surface area (Å²) >= 11 is 0. The third-order valence-corrected chi connectivity index (χ3v) is 5.51. The minimum Gasteiger partial charge on any atom is -0.330 e. The summed E-state index contributed by atoms with van der Waals surface area (Å²) in [6.07, 6.45) is 4.17. The highest BCUT2D eigenvalue weighted by molar-refractivity contribution is 5.75. The average Bonchev–Trinajstić information content (AvgIpc) is 2.81. The van der Waals surface area contributed by atoms with Crippen molar-refractivity contribution in [3.63, 3.8) is 0 Å². The molecule has 0 aliphatic carbocycles. The number of aromatic nitrogens is 2. The van der Waals surface area contributed by atoms with Gasteiger partial charge in [0.25, 0.3) is 0 Å². The highest BCUT2D eigenvalue weighted by Crippen LogP contribution is 2.25. The Bertz CT molecular complexity index is 656. The lowest BCUT2D eigenvalue weighted by molar-refractivity contribution is -0.00759. The van der Waals surface area contributed by atoms with Crippen molar-refractivity contribution in [1.29, 1.82) is 0 Å². The number of likely N-dealkylation sites (tertiary alicyclic amines) is 2. The molecule has 1 aromatic carbocycles. The number of hydrogen-bond acceptors (Lipinski definition) is 3. The first-order valence-corrected chi connectivity index (χ1v) is 8.61. The van der Waals surface area contributed by atoms with Crippen molar-refractivity contribution in [2.24, 2.45) is 7.05 Å². The van der Waals surface area contributed by atoms with Gasteiger partial charge in [0.15, 0.2) is 0 Å². The van der Waals surface area contributed by atoms with Crippen LogP contribution in [0.15, 0.2) is 24.3 Å². The summed E-state index contributed by atoms with van der Waals surface area (Å²) in [6, 6.07) is 9.95. The Morgan fingerprint density at radius 2 is 2.00 bits per heavy atom. The lowest BCUT2D eigenvalue weighted by atomic mass is 9.97. The number of fused-ring (bicyclic) bond motifs is 1. The van der Waals surface area contributed by atoms with Gasteiger partial charge in [0.1, 0.15) is 5.82 Å². The molecule has 0 unspecified atom stereocenters. The van der Waals surface area contributed by atoms with Crippen LogP contribution in [0.5, 0.6) is 0 Å². The van der Waals surface area contributed by atoms with Gasteiger partial charge in [0.05, 0.1) is 17.6 Å². The van der Waals surface area contributed by atoms with Gasteiger partial charge < -0.3 is 4.57 Å². The summed E-state index contributed by atoms with van der Waals surface area (Å²) in [4.78, 5) is 10.1. The van der Waals surface area contributed by atoms with E-state index in [2.05, 4.69) is 52.6 Å². The van der Waals surface area contributed by atoms with E-state index in [1.165, 1.54) is 50.2 Å². The zero-order valence-corrected chi connectivity index (χ0v) is 13.7. The summed E-state index contributed by atoms with van der Waals surface area (Å²) < 4.78 is 2.24. The second-order valence-electron chi connectivity index (χ2n) is 7.01. The number of benzene rings is 1. The minimum absolute atomic E-state index is 0.769. The smallest absolute Gasteiger partial charge is 0.123 e. The predicted octanol–water partition coefficient (Wildman–Crippen LogP) is 2.63. The monoisotopic (exact) mass is 298 g/mol. The van der Waals surface area contributed by atoms with Gasteiger partial charge in [-0.2, -0.15) is 0 Å². The molecule has 4 rings (SSSR count). The van der Waals surface area contributed by atoms with Gasteiger partial charge in [-0.25, -0.2) is 4.98 Å². The van der Waals surface area contributed by atoms with Crippen LogP contribution in [-0.2, 0) is 13.6 Å². The maximum Gasteiger partial charge on any atom is 0.123 e. The zero-order chi connectivity index (χ0) is 15.1. The van der Waals surface area contributed by atoms with E-state index in [1.54, 1.807) is 0 Å². The normalized spacial score (nSPS) is 24.7. The fourth-order valence-electron chi connectivity index (χ4n) is 4.08. The van der Waals surface area contributed by atoms with Gasteiger partial charge in [0.2, 0.25) is 0 Å². The van der Waals surface area contributed by atoms with E-state index in [-0.39, 0.29) is 0 Å². The van der Waals surface area contributed by atoms with Crippen molar-refractivity contribution in [2.45, 2.75) is 44.8 Å². The van der Waals surface area contributed by atoms with Crippen LogP contribution in [0.3, 0.4) is 0 Å². The summed E-state index contributed by atoms with van der Waals surface area (Å²) in [5.74, 6) is 1.19. The summed E-state index contributed by atoms with van der Waals surface area (Å²) in [7, 11) is 2.13. The molecule has 0 amide bonds. The molecular formula is C18H26N4. The minimum atomic E-state index is 0.769. The molecular weight excluding hydrogens is 272 g/mol. The number of hydrogen-bond donors (Lipinski definition) is 0. The highest BCUT2D eigenvalue weighted by Gasteiger charge is 2.35. The summed E-state index contributed by atoms with van der Waals surface area (Å²) in [6.45, 7) is 7.07. The Morgan fingerprint density at radius 1 is 1.18 bits per heavy atom. The molecule has 2 aliphatic heterocycles. The number of para-hydroxylation sites is 2. The molecule has 1 atom stereocenters. The maximum absolute atomic E-state index is 4.79. The third kappa shape index (κ3) is 2.44.